The molecule has 2 aromatic carbocycles. The Balaban J connectivity index is 1.90. The van der Waals surface area contributed by atoms with E-state index in [1.54, 1.807) is 16.7 Å². The number of anilines is 1. The van der Waals surface area contributed by atoms with Crippen molar-refractivity contribution in [3.8, 4) is 11.3 Å². The average Bonchev–Trinajstić information content (AvgIpc) is 2.99. The first-order valence-corrected chi connectivity index (χ1v) is 8.72. The number of nitrogens with two attached hydrogens (primary N) is 1. The van der Waals surface area contributed by atoms with Crippen molar-refractivity contribution in [3.05, 3.63) is 71.1 Å². The van der Waals surface area contributed by atoms with E-state index in [1.165, 1.54) is 12.1 Å². The van der Waals surface area contributed by atoms with E-state index < -0.39 is 29.0 Å². The van der Waals surface area contributed by atoms with Crippen LogP contribution in [0.2, 0.25) is 0 Å². The van der Waals surface area contributed by atoms with Gasteiger partial charge < -0.3 is 15.6 Å². The van der Waals surface area contributed by atoms with Gasteiger partial charge in [-0.1, -0.05) is 0 Å². The summed E-state index contributed by atoms with van der Waals surface area (Å²) in [6.07, 6.45) is 0. The van der Waals surface area contributed by atoms with Crippen molar-refractivity contribution < 1.29 is 17.6 Å². The lowest BCUT2D eigenvalue weighted by Gasteiger charge is -2.37. The highest BCUT2D eigenvalue weighted by Gasteiger charge is 2.38. The second-order valence-electron chi connectivity index (χ2n) is 7.37. The van der Waals surface area contributed by atoms with Gasteiger partial charge in [-0.25, -0.2) is 22.5 Å². The van der Waals surface area contributed by atoms with Crippen LogP contribution in [0.4, 0.5) is 23.4 Å². The summed E-state index contributed by atoms with van der Waals surface area (Å²) in [5.41, 5.74) is 7.09. The highest BCUT2D eigenvalue weighted by molar-refractivity contribution is 5.71. The van der Waals surface area contributed by atoms with Gasteiger partial charge in [-0.2, -0.15) is 0 Å². The van der Waals surface area contributed by atoms with E-state index in [-0.39, 0.29) is 17.2 Å². The summed E-state index contributed by atoms with van der Waals surface area (Å²) in [7, 11) is 0. The van der Waals surface area contributed by atoms with Crippen LogP contribution in [0.25, 0.3) is 11.3 Å². The van der Waals surface area contributed by atoms with Gasteiger partial charge in [0.05, 0.1) is 11.6 Å². The highest BCUT2D eigenvalue weighted by Crippen LogP contribution is 2.39. The Hall–Kier alpha value is -2.87. The summed E-state index contributed by atoms with van der Waals surface area (Å²) in [5, 5.41) is 3.28. The number of aromatic nitrogens is 2. The first-order chi connectivity index (χ1) is 13.2. The highest BCUT2D eigenvalue weighted by atomic mass is 19.2. The molecule has 0 fully saturated rings. The molecule has 1 aliphatic rings. The maximum absolute atomic E-state index is 13.8. The molecule has 1 unspecified atom stereocenters. The fourth-order valence-corrected chi connectivity index (χ4v) is 3.58. The number of nitrogens with zero attached hydrogens (tertiary/aromatic N) is 2. The molecule has 4 nitrogen and oxygen atoms in total. The number of imidazole rings is 1. The van der Waals surface area contributed by atoms with Crippen molar-refractivity contribution in [1.29, 1.82) is 0 Å². The first kappa shape index (κ1) is 18.5. The summed E-state index contributed by atoms with van der Waals surface area (Å²) in [6.45, 7) is 4.12. The Bertz CT molecular complexity index is 1030. The first-order valence-electron chi connectivity index (χ1n) is 8.72. The molecule has 0 spiro atoms. The molecule has 0 saturated carbocycles. The molecule has 1 aromatic heterocycles. The van der Waals surface area contributed by atoms with Crippen LogP contribution in [-0.4, -0.2) is 16.1 Å². The smallest absolute Gasteiger partial charge is 0.194 e. The topological polar surface area (TPSA) is 55.9 Å². The zero-order valence-corrected chi connectivity index (χ0v) is 15.2. The minimum Gasteiger partial charge on any atom is -0.383 e. The Kier molecular flexibility index (Phi) is 4.19. The molecule has 0 amide bonds. The van der Waals surface area contributed by atoms with E-state index in [2.05, 4.69) is 10.3 Å². The maximum Gasteiger partial charge on any atom is 0.194 e. The van der Waals surface area contributed by atoms with E-state index >= 15 is 0 Å². The lowest BCUT2D eigenvalue weighted by Crippen LogP contribution is -2.48. The van der Waals surface area contributed by atoms with Crippen molar-refractivity contribution in [1.82, 2.24) is 14.9 Å². The molecule has 1 atom stereocenters. The van der Waals surface area contributed by atoms with E-state index in [9.17, 15) is 17.6 Å². The molecule has 0 saturated heterocycles. The standard InChI is InChI=1S/C20H18F4N4/c1-20(2)19-27-17(10-3-5-12(21)6-4-10)18(25)28(19)15(9-26-20)11-7-13(22)16(24)14(23)8-11/h3-8,15,26H,9,25H2,1-2H3. The number of hydrogen-bond donors (Lipinski definition) is 2. The van der Waals surface area contributed by atoms with Crippen LogP contribution in [0.3, 0.4) is 0 Å². The summed E-state index contributed by atoms with van der Waals surface area (Å²) >= 11 is 0. The van der Waals surface area contributed by atoms with E-state index in [1.807, 2.05) is 13.8 Å². The zero-order valence-electron chi connectivity index (χ0n) is 15.2. The van der Waals surface area contributed by atoms with E-state index in [4.69, 9.17) is 5.73 Å². The number of hydrogen-bond acceptors (Lipinski definition) is 3. The minimum atomic E-state index is -1.52. The lowest BCUT2D eigenvalue weighted by atomic mass is 9.96. The second-order valence-corrected chi connectivity index (χ2v) is 7.37. The summed E-state index contributed by atoms with van der Waals surface area (Å²) < 4.78 is 56.0. The monoisotopic (exact) mass is 390 g/mol. The van der Waals surface area contributed by atoms with Gasteiger partial charge in [0, 0.05) is 12.1 Å². The van der Waals surface area contributed by atoms with Crippen molar-refractivity contribution in [3.63, 3.8) is 0 Å². The van der Waals surface area contributed by atoms with Crippen LogP contribution >= 0.6 is 0 Å². The quantitative estimate of drug-likeness (QED) is 0.511. The number of halogens is 4. The third-order valence-electron chi connectivity index (χ3n) is 5.06. The molecular weight excluding hydrogens is 372 g/mol. The van der Waals surface area contributed by atoms with Crippen LogP contribution in [0.15, 0.2) is 36.4 Å². The Morgan fingerprint density at radius 1 is 1.07 bits per heavy atom. The summed E-state index contributed by atoms with van der Waals surface area (Å²) in [6, 6.07) is 7.07. The van der Waals surface area contributed by atoms with Gasteiger partial charge in [0.25, 0.3) is 0 Å². The molecule has 3 aromatic rings. The zero-order chi connectivity index (χ0) is 20.2. The van der Waals surface area contributed by atoms with Crippen LogP contribution < -0.4 is 11.1 Å². The van der Waals surface area contributed by atoms with Gasteiger partial charge in [0.15, 0.2) is 17.5 Å². The molecule has 28 heavy (non-hydrogen) atoms. The van der Waals surface area contributed by atoms with Crippen LogP contribution in [0.1, 0.15) is 31.3 Å². The van der Waals surface area contributed by atoms with Gasteiger partial charge in [-0.05, 0) is 55.8 Å². The van der Waals surface area contributed by atoms with Gasteiger partial charge in [-0.15, -0.1) is 0 Å². The molecule has 0 aliphatic carbocycles. The molecule has 4 rings (SSSR count). The van der Waals surface area contributed by atoms with E-state index in [0.29, 0.717) is 23.6 Å². The third-order valence-corrected chi connectivity index (χ3v) is 5.06. The van der Waals surface area contributed by atoms with Crippen molar-refractivity contribution in [2.45, 2.75) is 25.4 Å². The van der Waals surface area contributed by atoms with Gasteiger partial charge in [-0.3, -0.25) is 0 Å². The number of fused-ring (bicyclic) bond motifs is 1. The second kappa shape index (κ2) is 6.34. The van der Waals surface area contributed by atoms with E-state index in [0.717, 1.165) is 12.1 Å². The molecule has 2 heterocycles. The predicted octanol–water partition coefficient (Wildman–Crippen LogP) is 4.12. The number of nitrogen functional groups attached to an aromatic ring is 1. The van der Waals surface area contributed by atoms with Gasteiger partial charge in [0.2, 0.25) is 0 Å². The number of nitrogens with one attached hydrogen (secondary N) is 1. The van der Waals surface area contributed by atoms with Gasteiger partial charge >= 0.3 is 0 Å². The Morgan fingerprint density at radius 2 is 1.68 bits per heavy atom. The van der Waals surface area contributed by atoms with Crippen LogP contribution in [-0.2, 0) is 5.54 Å². The molecular formula is C20H18F4N4. The number of rotatable bonds is 2. The predicted molar refractivity (Wildman–Crippen MR) is 97.5 cm³/mol. The normalized spacial score (nSPS) is 18.1. The summed E-state index contributed by atoms with van der Waals surface area (Å²) in [4.78, 5) is 4.63. The van der Waals surface area contributed by atoms with Crippen LogP contribution in [0.5, 0.6) is 0 Å². The fraction of sp³-hybridized carbons (Fsp3) is 0.250. The van der Waals surface area contributed by atoms with Crippen molar-refractivity contribution in [2.24, 2.45) is 0 Å². The molecule has 1 aliphatic heterocycles. The van der Waals surface area contributed by atoms with Crippen LogP contribution in [0, 0.1) is 23.3 Å². The number of benzene rings is 2. The molecule has 146 valence electrons. The average molecular weight is 390 g/mol. The SMILES string of the molecule is CC1(C)NCC(c2cc(F)c(F)c(F)c2)n2c1nc(-c1ccc(F)cc1)c2N. The van der Waals surface area contributed by atoms with Crippen molar-refractivity contribution in [2.75, 3.05) is 12.3 Å². The lowest BCUT2D eigenvalue weighted by molar-refractivity contribution is 0.291. The largest absolute Gasteiger partial charge is 0.383 e. The molecule has 8 heteroatoms. The Morgan fingerprint density at radius 3 is 2.29 bits per heavy atom. The Labute approximate surface area is 159 Å². The molecule has 0 bridgehead atoms. The van der Waals surface area contributed by atoms with Crippen molar-refractivity contribution >= 4 is 5.82 Å². The molecule has 0 radical (unpaired) electrons. The van der Waals surface area contributed by atoms with Gasteiger partial charge in [0.1, 0.15) is 23.2 Å². The maximum atomic E-state index is 13.8. The summed E-state index contributed by atoms with van der Waals surface area (Å²) in [5.74, 6) is -3.59. The fourth-order valence-electron chi connectivity index (χ4n) is 3.58. The molecule has 3 N–H and O–H groups in total. The minimum absolute atomic E-state index is 0.232. The third kappa shape index (κ3) is 2.84.